The molecule has 4 heteroatoms. The van der Waals surface area contributed by atoms with Crippen molar-refractivity contribution in [3.63, 3.8) is 0 Å². The van der Waals surface area contributed by atoms with Gasteiger partial charge in [-0.1, -0.05) is 0 Å². The number of aliphatic hydroxyl groups is 1. The highest BCUT2D eigenvalue weighted by Gasteiger charge is 2.53. The third-order valence-corrected chi connectivity index (χ3v) is 5.18. The molecule has 2 aliphatic heterocycles. The van der Waals surface area contributed by atoms with Crippen LogP contribution in [0.4, 0.5) is 0 Å². The topological polar surface area (TPSA) is 35.9 Å². The summed E-state index contributed by atoms with van der Waals surface area (Å²) in [5.74, 6) is 0.179. The van der Waals surface area contributed by atoms with Crippen LogP contribution in [0.3, 0.4) is 0 Å². The summed E-state index contributed by atoms with van der Waals surface area (Å²) in [4.78, 5) is 4.83. The van der Waals surface area contributed by atoms with Crippen LogP contribution in [0.2, 0.25) is 0 Å². The van der Waals surface area contributed by atoms with E-state index in [-0.39, 0.29) is 11.5 Å². The van der Waals surface area contributed by atoms with Crippen LogP contribution in [0.15, 0.2) is 0 Å². The highest BCUT2D eigenvalue weighted by atomic mass is 16.5. The van der Waals surface area contributed by atoms with Gasteiger partial charge >= 0.3 is 0 Å². The minimum atomic E-state index is -0.440. The third-order valence-electron chi connectivity index (χ3n) is 5.18. The van der Waals surface area contributed by atoms with E-state index >= 15 is 0 Å². The summed E-state index contributed by atoms with van der Waals surface area (Å²) in [6, 6.07) is 0.638. The van der Waals surface area contributed by atoms with Gasteiger partial charge in [-0.15, -0.1) is 0 Å². The van der Waals surface area contributed by atoms with Crippen molar-refractivity contribution >= 4 is 0 Å². The normalized spacial score (nSPS) is 37.5. The van der Waals surface area contributed by atoms with E-state index in [1.54, 1.807) is 0 Å². The Bertz CT molecular complexity index is 341. The summed E-state index contributed by atoms with van der Waals surface area (Å²) in [5, 5.41) is 10.6. The maximum Gasteiger partial charge on any atom is 0.0896 e. The van der Waals surface area contributed by atoms with E-state index in [0.717, 1.165) is 19.6 Å². The summed E-state index contributed by atoms with van der Waals surface area (Å²) in [7, 11) is 4.32. The summed E-state index contributed by atoms with van der Waals surface area (Å²) in [6.45, 7) is 11.4. The van der Waals surface area contributed by atoms with E-state index in [0.29, 0.717) is 6.04 Å². The smallest absolute Gasteiger partial charge is 0.0896 e. The Morgan fingerprint density at radius 3 is 2.35 bits per heavy atom. The van der Waals surface area contributed by atoms with Gasteiger partial charge in [-0.25, -0.2) is 0 Å². The van der Waals surface area contributed by atoms with Gasteiger partial charge in [0, 0.05) is 25.0 Å². The van der Waals surface area contributed by atoms with Gasteiger partial charge in [-0.3, -0.25) is 0 Å². The number of rotatable bonds is 3. The average molecular weight is 284 g/mol. The fourth-order valence-corrected chi connectivity index (χ4v) is 3.90. The van der Waals surface area contributed by atoms with Crippen LogP contribution in [0, 0.1) is 5.92 Å². The molecule has 20 heavy (non-hydrogen) atoms. The van der Waals surface area contributed by atoms with Gasteiger partial charge in [0.1, 0.15) is 0 Å². The SMILES string of the molecule is CN(C)C1CCCN(CC2C(O)C(C)(C)OC2(C)C)C1. The fraction of sp³-hybridized carbons (Fsp3) is 1.00. The van der Waals surface area contributed by atoms with E-state index in [1.807, 2.05) is 13.8 Å². The molecule has 3 atom stereocenters. The highest BCUT2D eigenvalue weighted by molar-refractivity contribution is 5.02. The molecule has 2 saturated heterocycles. The molecular formula is C16H32N2O2. The molecule has 0 amide bonds. The van der Waals surface area contributed by atoms with E-state index in [4.69, 9.17) is 4.74 Å². The highest BCUT2D eigenvalue weighted by Crippen LogP contribution is 2.42. The predicted molar refractivity (Wildman–Crippen MR) is 81.9 cm³/mol. The van der Waals surface area contributed by atoms with Crippen molar-refractivity contribution in [3.05, 3.63) is 0 Å². The second-order valence-electron chi connectivity index (χ2n) is 7.88. The van der Waals surface area contributed by atoms with Crippen LogP contribution in [0.25, 0.3) is 0 Å². The van der Waals surface area contributed by atoms with Gasteiger partial charge in [0.25, 0.3) is 0 Å². The molecule has 0 aromatic rings. The quantitative estimate of drug-likeness (QED) is 0.853. The van der Waals surface area contributed by atoms with Gasteiger partial charge < -0.3 is 19.6 Å². The number of piperidine rings is 1. The maximum atomic E-state index is 10.6. The first kappa shape index (κ1) is 16.2. The molecule has 1 N–H and O–H groups in total. The maximum absolute atomic E-state index is 10.6. The van der Waals surface area contributed by atoms with Crippen molar-refractivity contribution in [2.24, 2.45) is 5.92 Å². The molecule has 3 unspecified atom stereocenters. The van der Waals surface area contributed by atoms with E-state index in [9.17, 15) is 5.11 Å². The Hall–Kier alpha value is -0.160. The lowest BCUT2D eigenvalue weighted by atomic mass is 9.83. The number of likely N-dealkylation sites (N-methyl/N-ethyl adjacent to an activating group) is 1. The first-order valence-corrected chi connectivity index (χ1v) is 7.90. The van der Waals surface area contributed by atoms with Crippen LogP contribution in [-0.2, 0) is 4.74 Å². The number of ether oxygens (including phenoxy) is 1. The largest absolute Gasteiger partial charge is 0.390 e. The summed E-state index contributed by atoms with van der Waals surface area (Å²) >= 11 is 0. The number of hydrogen-bond donors (Lipinski definition) is 1. The zero-order valence-electron chi connectivity index (χ0n) is 14.0. The lowest BCUT2D eigenvalue weighted by Crippen LogP contribution is -2.50. The van der Waals surface area contributed by atoms with Crippen molar-refractivity contribution < 1.29 is 9.84 Å². The summed E-state index contributed by atoms with van der Waals surface area (Å²) in [6.07, 6.45) is 2.13. The number of aliphatic hydroxyl groups excluding tert-OH is 1. The third kappa shape index (κ3) is 3.19. The Morgan fingerprint density at radius 1 is 1.20 bits per heavy atom. The summed E-state index contributed by atoms with van der Waals surface area (Å²) < 4.78 is 6.09. The monoisotopic (exact) mass is 284 g/mol. The molecule has 0 spiro atoms. The van der Waals surface area contributed by atoms with Crippen LogP contribution >= 0.6 is 0 Å². The molecule has 0 saturated carbocycles. The van der Waals surface area contributed by atoms with Gasteiger partial charge in [0.2, 0.25) is 0 Å². The first-order valence-electron chi connectivity index (χ1n) is 7.90. The fourth-order valence-electron chi connectivity index (χ4n) is 3.90. The predicted octanol–water partition coefficient (Wildman–Crippen LogP) is 1.58. The van der Waals surface area contributed by atoms with Gasteiger partial charge in [0.15, 0.2) is 0 Å². The van der Waals surface area contributed by atoms with Crippen molar-refractivity contribution in [2.45, 2.75) is 63.9 Å². The van der Waals surface area contributed by atoms with Crippen LogP contribution in [0.5, 0.6) is 0 Å². The van der Waals surface area contributed by atoms with E-state index < -0.39 is 11.7 Å². The van der Waals surface area contributed by atoms with E-state index in [2.05, 4.69) is 37.7 Å². The molecule has 0 aromatic carbocycles. The molecule has 4 nitrogen and oxygen atoms in total. The van der Waals surface area contributed by atoms with Crippen molar-refractivity contribution in [1.29, 1.82) is 0 Å². The van der Waals surface area contributed by atoms with Gasteiger partial charge in [-0.2, -0.15) is 0 Å². The minimum Gasteiger partial charge on any atom is -0.390 e. The standard InChI is InChI=1S/C16H32N2O2/c1-15(2)13(14(19)16(3,4)20-15)11-18-9-7-8-12(10-18)17(5)6/h12-14,19H,7-11H2,1-6H3. The molecule has 2 rings (SSSR count). The number of likely N-dealkylation sites (tertiary alicyclic amines) is 1. The van der Waals surface area contributed by atoms with Gasteiger partial charge in [0.05, 0.1) is 17.3 Å². The Kier molecular flexibility index (Phi) is 4.51. The van der Waals surface area contributed by atoms with Crippen molar-refractivity contribution in [2.75, 3.05) is 33.7 Å². The second kappa shape index (κ2) is 5.56. The Morgan fingerprint density at radius 2 is 1.85 bits per heavy atom. The number of nitrogens with zero attached hydrogens (tertiary/aromatic N) is 2. The Balaban J connectivity index is 2.02. The van der Waals surface area contributed by atoms with Crippen LogP contribution < -0.4 is 0 Å². The Labute approximate surface area is 124 Å². The van der Waals surface area contributed by atoms with E-state index in [1.165, 1.54) is 12.8 Å². The van der Waals surface area contributed by atoms with Crippen LogP contribution in [0.1, 0.15) is 40.5 Å². The van der Waals surface area contributed by atoms with Crippen molar-refractivity contribution in [1.82, 2.24) is 9.80 Å². The minimum absolute atomic E-state index is 0.179. The van der Waals surface area contributed by atoms with Gasteiger partial charge in [-0.05, 0) is 61.2 Å². The molecule has 2 fully saturated rings. The molecule has 2 aliphatic rings. The zero-order chi connectivity index (χ0) is 15.1. The zero-order valence-corrected chi connectivity index (χ0v) is 14.0. The summed E-state index contributed by atoms with van der Waals surface area (Å²) in [5.41, 5.74) is -0.696. The molecule has 0 radical (unpaired) electrons. The lowest BCUT2D eigenvalue weighted by molar-refractivity contribution is -0.0915. The van der Waals surface area contributed by atoms with Crippen molar-refractivity contribution in [3.8, 4) is 0 Å². The van der Waals surface area contributed by atoms with Crippen LogP contribution in [-0.4, -0.2) is 72.0 Å². The molecular weight excluding hydrogens is 252 g/mol. The first-order chi connectivity index (χ1) is 9.13. The lowest BCUT2D eigenvalue weighted by Gasteiger charge is -2.39. The molecule has 0 aromatic heterocycles. The molecule has 118 valence electrons. The molecule has 0 bridgehead atoms. The molecule has 0 aliphatic carbocycles. The average Bonchev–Trinajstić information content (AvgIpc) is 2.48. The number of hydrogen-bond acceptors (Lipinski definition) is 4. The molecule has 2 heterocycles. The second-order valence-corrected chi connectivity index (χ2v) is 7.88.